The maximum Gasteiger partial charge on any atom is 0.251 e. The van der Waals surface area contributed by atoms with Crippen LogP contribution in [-0.4, -0.2) is 29.6 Å². The Morgan fingerprint density at radius 3 is 2.61 bits per heavy atom. The van der Waals surface area contributed by atoms with Crippen LogP contribution in [0.2, 0.25) is 0 Å². The lowest BCUT2D eigenvalue weighted by atomic mass is 10.2. The number of oxime groups is 1. The van der Waals surface area contributed by atoms with Gasteiger partial charge >= 0.3 is 0 Å². The van der Waals surface area contributed by atoms with E-state index in [1.807, 2.05) is 6.92 Å². The van der Waals surface area contributed by atoms with Crippen LogP contribution in [0.3, 0.4) is 0 Å². The summed E-state index contributed by atoms with van der Waals surface area (Å²) in [6, 6.07) is 6.20. The highest BCUT2D eigenvalue weighted by molar-refractivity contribution is 5.98. The highest BCUT2D eigenvalue weighted by Gasteiger charge is 2.12. The summed E-state index contributed by atoms with van der Waals surface area (Å²) in [6.07, 6.45) is 0. The van der Waals surface area contributed by atoms with Crippen molar-refractivity contribution in [2.45, 2.75) is 19.9 Å². The first kappa shape index (κ1) is 13.8. The molecule has 0 fully saturated rings. The molecule has 0 aliphatic rings. The van der Waals surface area contributed by atoms with E-state index >= 15 is 0 Å². The number of carbonyl (C=O) groups excluding carboxylic acids is 1. The molecule has 1 atom stereocenters. The van der Waals surface area contributed by atoms with E-state index in [1.165, 1.54) is 0 Å². The molecule has 4 N–H and O–H groups in total. The Hall–Kier alpha value is -2.24. The molecule has 6 heteroatoms. The minimum absolute atomic E-state index is 0.0470. The molecule has 0 aliphatic heterocycles. The van der Waals surface area contributed by atoms with E-state index in [2.05, 4.69) is 10.5 Å². The molecule has 0 radical (unpaired) electrons. The van der Waals surface area contributed by atoms with Crippen molar-refractivity contribution < 1.29 is 14.7 Å². The van der Waals surface area contributed by atoms with Gasteiger partial charge in [0.25, 0.3) is 5.91 Å². The van der Waals surface area contributed by atoms with Crippen molar-refractivity contribution in [2.75, 3.05) is 6.61 Å². The van der Waals surface area contributed by atoms with Gasteiger partial charge in [-0.05, 0) is 38.1 Å². The van der Waals surface area contributed by atoms with Gasteiger partial charge in [-0.2, -0.15) is 0 Å². The predicted octanol–water partition coefficient (Wildman–Crippen LogP) is 0.950. The Morgan fingerprint density at radius 2 is 2.11 bits per heavy atom. The first-order valence-corrected chi connectivity index (χ1v) is 5.59. The third kappa shape index (κ3) is 3.65. The normalized spacial score (nSPS) is 12.9. The van der Waals surface area contributed by atoms with E-state index < -0.39 is 6.04 Å². The first-order chi connectivity index (χ1) is 8.58. The Bertz CT molecular complexity index is 429. The number of ether oxygens (including phenoxy) is 1. The highest BCUT2D eigenvalue weighted by atomic mass is 16.5. The van der Waals surface area contributed by atoms with E-state index in [4.69, 9.17) is 15.7 Å². The van der Waals surface area contributed by atoms with Gasteiger partial charge in [0.1, 0.15) is 5.75 Å². The summed E-state index contributed by atoms with van der Waals surface area (Å²) in [4.78, 5) is 11.8. The van der Waals surface area contributed by atoms with Crippen LogP contribution >= 0.6 is 0 Å². The lowest BCUT2D eigenvalue weighted by Gasteiger charge is -2.12. The zero-order valence-electron chi connectivity index (χ0n) is 10.4. The van der Waals surface area contributed by atoms with E-state index in [0.29, 0.717) is 17.9 Å². The van der Waals surface area contributed by atoms with Crippen LogP contribution in [0.25, 0.3) is 0 Å². The number of carbonyl (C=O) groups is 1. The van der Waals surface area contributed by atoms with Crippen molar-refractivity contribution in [3.8, 4) is 5.75 Å². The van der Waals surface area contributed by atoms with Gasteiger partial charge in [0.2, 0.25) is 0 Å². The summed E-state index contributed by atoms with van der Waals surface area (Å²) in [5.74, 6) is 0.366. The molecule has 0 spiro atoms. The average molecular weight is 251 g/mol. The van der Waals surface area contributed by atoms with Gasteiger partial charge in [-0.15, -0.1) is 0 Å². The molecule has 18 heavy (non-hydrogen) atoms. The summed E-state index contributed by atoms with van der Waals surface area (Å²) in [5, 5.41) is 13.9. The fraction of sp³-hybridized carbons (Fsp3) is 0.333. The number of hydrogen-bond donors (Lipinski definition) is 3. The molecular weight excluding hydrogens is 234 g/mol. The monoisotopic (exact) mass is 251 g/mol. The second kappa shape index (κ2) is 6.48. The summed E-state index contributed by atoms with van der Waals surface area (Å²) < 4.78 is 5.27. The van der Waals surface area contributed by atoms with Crippen molar-refractivity contribution in [3.05, 3.63) is 29.8 Å². The van der Waals surface area contributed by atoms with Gasteiger partial charge in [-0.1, -0.05) is 5.16 Å². The van der Waals surface area contributed by atoms with Gasteiger partial charge in [0.15, 0.2) is 5.84 Å². The molecule has 1 amide bonds. The van der Waals surface area contributed by atoms with Crippen molar-refractivity contribution >= 4 is 11.7 Å². The standard InChI is InChI=1S/C12H17N3O3/c1-3-18-10-6-4-9(5-7-10)12(16)14-8(2)11(13)15-17/h4-8,17H,3H2,1-2H3,(H2,13,15)(H,14,16). The quantitative estimate of drug-likeness (QED) is 0.314. The van der Waals surface area contributed by atoms with E-state index in [9.17, 15) is 4.79 Å². The second-order valence-electron chi connectivity index (χ2n) is 3.68. The second-order valence-corrected chi connectivity index (χ2v) is 3.68. The smallest absolute Gasteiger partial charge is 0.251 e. The Labute approximate surface area is 105 Å². The van der Waals surface area contributed by atoms with Crippen LogP contribution < -0.4 is 15.8 Å². The molecule has 1 rings (SSSR count). The molecule has 0 saturated heterocycles. The molecular formula is C12H17N3O3. The lowest BCUT2D eigenvalue weighted by molar-refractivity contribution is 0.0948. The minimum Gasteiger partial charge on any atom is -0.494 e. The molecule has 0 heterocycles. The number of nitrogens with one attached hydrogen (secondary N) is 1. The van der Waals surface area contributed by atoms with Crippen LogP contribution in [0.1, 0.15) is 24.2 Å². The number of amides is 1. The minimum atomic E-state index is -0.533. The SMILES string of the molecule is CCOc1ccc(C(=O)NC(C)/C(N)=N/O)cc1. The molecule has 6 nitrogen and oxygen atoms in total. The Kier molecular flexibility index (Phi) is 4.98. The van der Waals surface area contributed by atoms with Crippen molar-refractivity contribution in [1.82, 2.24) is 5.32 Å². The van der Waals surface area contributed by atoms with Gasteiger partial charge in [-0.25, -0.2) is 0 Å². The van der Waals surface area contributed by atoms with Gasteiger partial charge in [-0.3, -0.25) is 4.79 Å². The van der Waals surface area contributed by atoms with Crippen LogP contribution in [0.5, 0.6) is 5.75 Å². The van der Waals surface area contributed by atoms with Gasteiger partial charge in [0.05, 0.1) is 12.6 Å². The number of benzene rings is 1. The maximum absolute atomic E-state index is 11.8. The van der Waals surface area contributed by atoms with Gasteiger partial charge in [0, 0.05) is 5.56 Å². The third-order valence-electron chi connectivity index (χ3n) is 2.33. The number of nitrogens with two attached hydrogens (primary N) is 1. The lowest BCUT2D eigenvalue weighted by Crippen LogP contribution is -2.42. The molecule has 98 valence electrons. The molecule has 1 aromatic carbocycles. The molecule has 0 aromatic heterocycles. The van der Waals surface area contributed by atoms with Gasteiger partial charge < -0.3 is 21.0 Å². The summed E-state index contributed by atoms with van der Waals surface area (Å²) >= 11 is 0. The number of rotatable bonds is 5. The van der Waals surface area contributed by atoms with E-state index in [-0.39, 0.29) is 11.7 Å². The molecule has 0 aliphatic carbocycles. The first-order valence-electron chi connectivity index (χ1n) is 5.59. The number of nitrogens with zero attached hydrogens (tertiary/aromatic N) is 1. The predicted molar refractivity (Wildman–Crippen MR) is 67.9 cm³/mol. The summed E-state index contributed by atoms with van der Waals surface area (Å²) in [7, 11) is 0. The zero-order valence-corrected chi connectivity index (χ0v) is 10.4. The Balaban J connectivity index is 2.67. The highest BCUT2D eigenvalue weighted by Crippen LogP contribution is 2.12. The van der Waals surface area contributed by atoms with E-state index in [1.54, 1.807) is 31.2 Å². The number of hydrogen-bond acceptors (Lipinski definition) is 4. The van der Waals surface area contributed by atoms with E-state index in [0.717, 1.165) is 0 Å². The summed E-state index contributed by atoms with van der Waals surface area (Å²) in [5.41, 5.74) is 5.85. The average Bonchev–Trinajstić information content (AvgIpc) is 2.38. The Morgan fingerprint density at radius 1 is 1.50 bits per heavy atom. The molecule has 1 aromatic rings. The van der Waals surface area contributed by atoms with Crippen LogP contribution in [0.15, 0.2) is 29.4 Å². The summed E-state index contributed by atoms with van der Waals surface area (Å²) in [6.45, 7) is 4.09. The molecule has 0 saturated carbocycles. The number of amidine groups is 1. The third-order valence-corrected chi connectivity index (χ3v) is 2.33. The van der Waals surface area contributed by atoms with Crippen LogP contribution in [-0.2, 0) is 0 Å². The largest absolute Gasteiger partial charge is 0.494 e. The van der Waals surface area contributed by atoms with Crippen LogP contribution in [0, 0.1) is 0 Å². The zero-order chi connectivity index (χ0) is 13.5. The molecule has 0 bridgehead atoms. The van der Waals surface area contributed by atoms with Crippen molar-refractivity contribution in [2.24, 2.45) is 10.9 Å². The van der Waals surface area contributed by atoms with Crippen molar-refractivity contribution in [3.63, 3.8) is 0 Å². The molecule has 1 unspecified atom stereocenters. The van der Waals surface area contributed by atoms with Crippen LogP contribution in [0.4, 0.5) is 0 Å². The van der Waals surface area contributed by atoms with Crippen molar-refractivity contribution in [1.29, 1.82) is 0 Å². The fourth-order valence-corrected chi connectivity index (χ4v) is 1.31. The fourth-order valence-electron chi connectivity index (χ4n) is 1.31. The maximum atomic E-state index is 11.8. The topological polar surface area (TPSA) is 96.9 Å².